The smallest absolute Gasteiger partial charge is 0.285 e. The second kappa shape index (κ2) is 5.53. The minimum atomic E-state index is -0.425. The summed E-state index contributed by atoms with van der Waals surface area (Å²) in [4.78, 5) is 11.2. The number of nitrogen functional groups attached to an aromatic ring is 1. The van der Waals surface area contributed by atoms with Gasteiger partial charge < -0.3 is 4.74 Å². The van der Waals surface area contributed by atoms with Gasteiger partial charge in [0.2, 0.25) is 0 Å². The largest absolute Gasteiger partial charge is 0.471 e. The van der Waals surface area contributed by atoms with Gasteiger partial charge in [-0.2, -0.15) is 5.10 Å². The molecule has 1 heterocycles. The van der Waals surface area contributed by atoms with Gasteiger partial charge >= 0.3 is 0 Å². The molecule has 1 aromatic heterocycles. The van der Waals surface area contributed by atoms with Crippen LogP contribution in [0.4, 0.5) is 0 Å². The minimum absolute atomic E-state index is 0.238. The van der Waals surface area contributed by atoms with Crippen LogP contribution < -0.4 is 16.0 Å². The quantitative estimate of drug-likeness (QED) is 0.490. The number of nitrogens with one attached hydrogen (secondary N) is 1. The molecule has 0 radical (unpaired) electrons. The molecule has 6 nitrogen and oxygen atoms in total. The van der Waals surface area contributed by atoms with Crippen molar-refractivity contribution in [2.24, 2.45) is 5.84 Å². The molecule has 0 unspecified atom stereocenters. The van der Waals surface area contributed by atoms with Gasteiger partial charge in [-0.3, -0.25) is 10.2 Å². The Morgan fingerprint density at radius 3 is 2.95 bits per heavy atom. The van der Waals surface area contributed by atoms with Crippen molar-refractivity contribution in [3.63, 3.8) is 0 Å². The van der Waals surface area contributed by atoms with Gasteiger partial charge in [-0.1, -0.05) is 12.1 Å². The highest BCUT2D eigenvalue weighted by atomic mass is 16.5. The minimum Gasteiger partial charge on any atom is -0.471 e. The highest BCUT2D eigenvalue weighted by molar-refractivity contribution is 5.91. The molecule has 6 heteroatoms. The van der Waals surface area contributed by atoms with Crippen molar-refractivity contribution in [3.8, 4) is 5.75 Å². The Morgan fingerprint density at radius 1 is 1.42 bits per heavy atom. The lowest BCUT2D eigenvalue weighted by molar-refractivity contribution is 0.0946. The summed E-state index contributed by atoms with van der Waals surface area (Å²) in [6.07, 6.45) is 1.66. The van der Waals surface area contributed by atoms with E-state index in [0.717, 1.165) is 16.9 Å². The summed E-state index contributed by atoms with van der Waals surface area (Å²) in [6.45, 7) is 4.22. The molecule has 100 valence electrons. The number of carbonyl (C=O) groups is 1. The average molecular weight is 260 g/mol. The number of nitrogens with zero attached hydrogens (tertiary/aromatic N) is 2. The molecule has 0 aliphatic rings. The van der Waals surface area contributed by atoms with E-state index in [1.54, 1.807) is 12.3 Å². The zero-order chi connectivity index (χ0) is 13.8. The maximum absolute atomic E-state index is 11.2. The Hall–Kier alpha value is -2.34. The van der Waals surface area contributed by atoms with Crippen molar-refractivity contribution in [2.45, 2.75) is 20.6 Å². The van der Waals surface area contributed by atoms with Crippen LogP contribution in [0.5, 0.6) is 5.75 Å². The monoisotopic (exact) mass is 260 g/mol. The summed E-state index contributed by atoms with van der Waals surface area (Å²) in [7, 11) is 0. The summed E-state index contributed by atoms with van der Waals surface area (Å²) in [5.74, 6) is 5.42. The molecule has 0 saturated heterocycles. The fourth-order valence-corrected chi connectivity index (χ4v) is 1.63. The first-order valence-electron chi connectivity index (χ1n) is 5.84. The van der Waals surface area contributed by atoms with Gasteiger partial charge in [0.1, 0.15) is 5.75 Å². The zero-order valence-corrected chi connectivity index (χ0v) is 10.9. The lowest BCUT2D eigenvalue weighted by atomic mass is 10.1. The molecular formula is C13H16N4O2. The molecule has 2 aromatic rings. The Morgan fingerprint density at radius 2 is 2.21 bits per heavy atom. The van der Waals surface area contributed by atoms with Crippen LogP contribution >= 0.6 is 0 Å². The van der Waals surface area contributed by atoms with E-state index in [9.17, 15) is 4.79 Å². The molecule has 0 aliphatic heterocycles. The summed E-state index contributed by atoms with van der Waals surface area (Å²) in [6, 6.07) is 7.57. The van der Waals surface area contributed by atoms with E-state index in [0.29, 0.717) is 0 Å². The van der Waals surface area contributed by atoms with Crippen molar-refractivity contribution in [1.82, 2.24) is 15.2 Å². The van der Waals surface area contributed by atoms with E-state index in [-0.39, 0.29) is 12.4 Å². The van der Waals surface area contributed by atoms with E-state index in [1.807, 2.05) is 37.5 Å². The number of ether oxygens (including phenoxy) is 1. The van der Waals surface area contributed by atoms with Gasteiger partial charge in [0.05, 0.1) is 0 Å². The Balaban J connectivity index is 2.04. The van der Waals surface area contributed by atoms with Crippen LogP contribution in [0.1, 0.15) is 21.6 Å². The molecule has 0 fully saturated rings. The van der Waals surface area contributed by atoms with Gasteiger partial charge in [-0.15, -0.1) is 0 Å². The molecule has 1 aromatic carbocycles. The summed E-state index contributed by atoms with van der Waals surface area (Å²) < 4.78 is 7.20. The molecule has 0 saturated carbocycles. The number of aromatic nitrogens is 2. The molecule has 0 atom stereocenters. The van der Waals surface area contributed by atoms with E-state index in [1.165, 1.54) is 4.68 Å². The summed E-state index contributed by atoms with van der Waals surface area (Å²) >= 11 is 0. The molecule has 19 heavy (non-hydrogen) atoms. The van der Waals surface area contributed by atoms with E-state index < -0.39 is 5.91 Å². The highest BCUT2D eigenvalue weighted by Gasteiger charge is 2.07. The average Bonchev–Trinajstić information content (AvgIpc) is 2.88. The van der Waals surface area contributed by atoms with E-state index in [4.69, 9.17) is 10.6 Å². The Labute approximate surface area is 111 Å². The van der Waals surface area contributed by atoms with Gasteiger partial charge in [-0.25, -0.2) is 10.5 Å². The van der Waals surface area contributed by atoms with Crippen molar-refractivity contribution in [3.05, 3.63) is 47.3 Å². The number of benzene rings is 1. The number of amides is 1. The number of carbonyl (C=O) groups excluding carboxylic acids is 1. The van der Waals surface area contributed by atoms with Crippen LogP contribution in [-0.4, -0.2) is 15.7 Å². The van der Waals surface area contributed by atoms with Crippen molar-refractivity contribution in [2.75, 3.05) is 0 Å². The number of hydrazine groups is 1. The fourth-order valence-electron chi connectivity index (χ4n) is 1.63. The van der Waals surface area contributed by atoms with Crippen LogP contribution in [0.3, 0.4) is 0 Å². The van der Waals surface area contributed by atoms with Crippen LogP contribution in [0.15, 0.2) is 30.5 Å². The molecule has 0 bridgehead atoms. The Bertz CT molecular complexity index is 592. The topological polar surface area (TPSA) is 82.2 Å². The third-order valence-corrected chi connectivity index (χ3v) is 2.70. The third-order valence-electron chi connectivity index (χ3n) is 2.70. The summed E-state index contributed by atoms with van der Waals surface area (Å²) in [5, 5.41) is 4.05. The number of aryl methyl sites for hydroxylation is 2. The van der Waals surface area contributed by atoms with Crippen molar-refractivity contribution >= 4 is 5.91 Å². The van der Waals surface area contributed by atoms with Crippen LogP contribution in [0, 0.1) is 13.8 Å². The summed E-state index contributed by atoms with van der Waals surface area (Å²) in [5.41, 5.74) is 4.47. The lowest BCUT2D eigenvalue weighted by Gasteiger charge is -2.09. The zero-order valence-electron chi connectivity index (χ0n) is 10.9. The van der Waals surface area contributed by atoms with E-state index in [2.05, 4.69) is 5.10 Å². The van der Waals surface area contributed by atoms with Gasteiger partial charge in [0.15, 0.2) is 12.4 Å². The predicted octanol–water partition coefficient (Wildman–Crippen LogP) is 1.14. The first kappa shape index (κ1) is 13.1. The van der Waals surface area contributed by atoms with Crippen LogP contribution in [-0.2, 0) is 6.73 Å². The third kappa shape index (κ3) is 3.11. The second-order valence-electron chi connectivity index (χ2n) is 4.26. The molecular weight excluding hydrogens is 244 g/mol. The SMILES string of the molecule is Cc1ccc(C)c(OCn2ccc(C(=O)NN)n2)c1. The Kier molecular flexibility index (Phi) is 3.82. The van der Waals surface area contributed by atoms with Crippen molar-refractivity contribution in [1.29, 1.82) is 0 Å². The number of hydrogen-bond donors (Lipinski definition) is 2. The van der Waals surface area contributed by atoms with Crippen molar-refractivity contribution < 1.29 is 9.53 Å². The van der Waals surface area contributed by atoms with Crippen LogP contribution in [0.2, 0.25) is 0 Å². The van der Waals surface area contributed by atoms with E-state index >= 15 is 0 Å². The van der Waals surface area contributed by atoms with Gasteiger partial charge in [-0.05, 0) is 37.1 Å². The molecule has 0 spiro atoms. The maximum Gasteiger partial charge on any atom is 0.285 e. The predicted molar refractivity (Wildman–Crippen MR) is 70.4 cm³/mol. The number of nitrogens with two attached hydrogens (primary N) is 1. The van der Waals surface area contributed by atoms with Gasteiger partial charge in [0, 0.05) is 6.20 Å². The fraction of sp³-hybridized carbons (Fsp3) is 0.231. The highest BCUT2D eigenvalue weighted by Crippen LogP contribution is 2.19. The molecule has 2 rings (SSSR count). The first-order chi connectivity index (χ1) is 9.10. The molecule has 0 aliphatic carbocycles. The first-order valence-corrected chi connectivity index (χ1v) is 5.84. The van der Waals surface area contributed by atoms with Crippen LogP contribution in [0.25, 0.3) is 0 Å². The standard InChI is InChI=1S/C13H16N4O2/c1-9-3-4-10(2)12(7-9)19-8-17-6-5-11(16-17)13(18)15-14/h3-7H,8,14H2,1-2H3,(H,15,18). The number of hydrogen-bond acceptors (Lipinski definition) is 4. The molecule has 3 N–H and O–H groups in total. The maximum atomic E-state index is 11.2. The second-order valence-corrected chi connectivity index (χ2v) is 4.26. The van der Waals surface area contributed by atoms with Gasteiger partial charge in [0.25, 0.3) is 5.91 Å². The normalized spacial score (nSPS) is 10.3. The lowest BCUT2D eigenvalue weighted by Crippen LogP contribution is -2.30. The number of rotatable bonds is 4. The molecule has 1 amide bonds.